The molecule has 0 saturated carbocycles. The van der Waals surface area contributed by atoms with E-state index in [4.69, 9.17) is 0 Å². The molecular weight excluding hydrogens is 404 g/mol. The van der Waals surface area contributed by atoms with Gasteiger partial charge in [-0.2, -0.15) is 10.2 Å². The molecule has 1 aromatic carbocycles. The lowest BCUT2D eigenvalue weighted by molar-refractivity contribution is 0.0897. The number of aliphatic hydroxyl groups is 1. The number of carbonyl (C=O) groups is 1. The van der Waals surface area contributed by atoms with Crippen LogP contribution in [0.25, 0.3) is 0 Å². The zero-order valence-corrected chi connectivity index (χ0v) is 18.3. The normalized spacial score (nSPS) is 23.1. The second-order valence-electron chi connectivity index (χ2n) is 8.75. The Bertz CT molecular complexity index is 1160. The summed E-state index contributed by atoms with van der Waals surface area (Å²) in [4.78, 5) is 21.3. The molecule has 2 atom stereocenters. The van der Waals surface area contributed by atoms with Crippen molar-refractivity contribution in [2.75, 3.05) is 10.6 Å². The standard InChI is InChI=1S/C24H26N6O2/c1-4-24(11-6-5-10-19(24)31)29-20-15(13-25)14-26-22(28-20)27-18-9-7-8-16-17(18)12-23(2,3)30-21(16)32/h5-11,14,19,31H,4,12H2,1-3H3,(H,30,32)(H2,26,27,28,29)/t19?,24-/m0/s1. The first-order valence-electron chi connectivity index (χ1n) is 10.6. The summed E-state index contributed by atoms with van der Waals surface area (Å²) in [5.41, 5.74) is 1.38. The molecule has 0 radical (unpaired) electrons. The maximum atomic E-state index is 12.5. The third-order valence-electron chi connectivity index (χ3n) is 5.91. The Labute approximate surface area is 187 Å². The van der Waals surface area contributed by atoms with Crippen molar-refractivity contribution < 1.29 is 9.90 Å². The van der Waals surface area contributed by atoms with E-state index in [0.29, 0.717) is 30.2 Å². The monoisotopic (exact) mass is 430 g/mol. The number of anilines is 3. The molecule has 8 heteroatoms. The number of aromatic nitrogens is 2. The van der Waals surface area contributed by atoms with Crippen LogP contribution in [-0.2, 0) is 6.42 Å². The predicted octanol–water partition coefficient (Wildman–Crippen LogP) is 3.20. The number of allylic oxidation sites excluding steroid dienone is 2. The molecule has 0 spiro atoms. The van der Waals surface area contributed by atoms with E-state index in [0.717, 1.165) is 11.3 Å². The first kappa shape index (κ1) is 21.5. The highest BCUT2D eigenvalue weighted by Crippen LogP contribution is 2.32. The fourth-order valence-corrected chi connectivity index (χ4v) is 4.13. The molecule has 2 aromatic rings. The minimum absolute atomic E-state index is 0.112. The van der Waals surface area contributed by atoms with Crippen LogP contribution < -0.4 is 16.0 Å². The predicted molar refractivity (Wildman–Crippen MR) is 123 cm³/mol. The number of nitriles is 1. The zero-order chi connectivity index (χ0) is 22.9. The molecule has 164 valence electrons. The van der Waals surface area contributed by atoms with Crippen LogP contribution in [-0.4, -0.2) is 38.2 Å². The Kier molecular flexibility index (Phi) is 5.45. The number of rotatable bonds is 5. The maximum Gasteiger partial charge on any atom is 0.252 e. The molecule has 1 aliphatic carbocycles. The number of hydrogen-bond acceptors (Lipinski definition) is 7. The number of fused-ring (bicyclic) bond motifs is 1. The third-order valence-corrected chi connectivity index (χ3v) is 5.91. The molecule has 1 aliphatic heterocycles. The van der Waals surface area contributed by atoms with E-state index in [1.54, 1.807) is 18.2 Å². The van der Waals surface area contributed by atoms with Gasteiger partial charge in [0.25, 0.3) is 5.91 Å². The average Bonchev–Trinajstić information content (AvgIpc) is 2.75. The van der Waals surface area contributed by atoms with Gasteiger partial charge in [0.1, 0.15) is 17.5 Å². The number of amides is 1. The van der Waals surface area contributed by atoms with Crippen LogP contribution in [0.4, 0.5) is 17.5 Å². The van der Waals surface area contributed by atoms with Crippen molar-refractivity contribution in [2.24, 2.45) is 0 Å². The molecule has 4 rings (SSSR count). The first-order valence-corrected chi connectivity index (χ1v) is 10.6. The Morgan fingerprint density at radius 1 is 1.34 bits per heavy atom. The van der Waals surface area contributed by atoms with Crippen LogP contribution in [0.5, 0.6) is 0 Å². The Hall–Kier alpha value is -3.70. The number of nitrogens with zero attached hydrogens (tertiary/aromatic N) is 3. The molecule has 2 heterocycles. The average molecular weight is 431 g/mol. The number of aliphatic hydroxyl groups excluding tert-OH is 1. The summed E-state index contributed by atoms with van der Waals surface area (Å²) in [7, 11) is 0. The molecule has 1 amide bonds. The van der Waals surface area contributed by atoms with Gasteiger partial charge in [-0.1, -0.05) is 37.3 Å². The molecule has 2 aliphatic rings. The van der Waals surface area contributed by atoms with Gasteiger partial charge in [-0.25, -0.2) is 4.98 Å². The van der Waals surface area contributed by atoms with Gasteiger partial charge in [0.05, 0.1) is 17.8 Å². The highest BCUT2D eigenvalue weighted by atomic mass is 16.3. The summed E-state index contributed by atoms with van der Waals surface area (Å²) < 4.78 is 0. The summed E-state index contributed by atoms with van der Waals surface area (Å²) in [5, 5.41) is 29.6. The lowest BCUT2D eigenvalue weighted by Crippen LogP contribution is -2.49. The van der Waals surface area contributed by atoms with Crippen LogP contribution in [0.2, 0.25) is 0 Å². The fraction of sp³-hybridized carbons (Fsp3) is 0.333. The van der Waals surface area contributed by atoms with Gasteiger partial charge in [-0.05, 0) is 44.4 Å². The van der Waals surface area contributed by atoms with Crippen molar-refractivity contribution in [3.63, 3.8) is 0 Å². The molecule has 4 N–H and O–H groups in total. The van der Waals surface area contributed by atoms with Gasteiger partial charge in [0.2, 0.25) is 5.95 Å². The van der Waals surface area contributed by atoms with Gasteiger partial charge in [0, 0.05) is 16.8 Å². The van der Waals surface area contributed by atoms with Gasteiger partial charge < -0.3 is 21.1 Å². The second-order valence-corrected chi connectivity index (χ2v) is 8.75. The van der Waals surface area contributed by atoms with Crippen LogP contribution >= 0.6 is 0 Å². The number of benzene rings is 1. The highest BCUT2D eigenvalue weighted by molar-refractivity contribution is 5.99. The Morgan fingerprint density at radius 3 is 2.88 bits per heavy atom. The first-order chi connectivity index (χ1) is 15.3. The lowest BCUT2D eigenvalue weighted by Gasteiger charge is -2.36. The summed E-state index contributed by atoms with van der Waals surface area (Å²) >= 11 is 0. The largest absolute Gasteiger partial charge is 0.386 e. The van der Waals surface area contributed by atoms with Crippen molar-refractivity contribution in [1.29, 1.82) is 5.26 Å². The number of nitrogens with one attached hydrogen (secondary N) is 3. The lowest BCUT2D eigenvalue weighted by atomic mass is 9.85. The van der Waals surface area contributed by atoms with Crippen LogP contribution in [0.15, 0.2) is 48.7 Å². The molecule has 1 aromatic heterocycles. The molecule has 1 unspecified atom stereocenters. The van der Waals surface area contributed by atoms with Crippen LogP contribution in [0.3, 0.4) is 0 Å². The SMILES string of the molecule is CC[C@]1(Nc2nc(Nc3cccc4c3CC(C)(C)NC4=O)ncc2C#N)C=CC=CC1O. The van der Waals surface area contributed by atoms with Crippen LogP contribution in [0.1, 0.15) is 48.7 Å². The van der Waals surface area contributed by atoms with E-state index in [2.05, 4.69) is 32.0 Å². The third kappa shape index (κ3) is 3.95. The molecule has 0 fully saturated rings. The quantitative estimate of drug-likeness (QED) is 0.574. The van der Waals surface area contributed by atoms with Crippen molar-refractivity contribution in [1.82, 2.24) is 15.3 Å². The summed E-state index contributed by atoms with van der Waals surface area (Å²) in [6.45, 7) is 5.91. The zero-order valence-electron chi connectivity index (χ0n) is 18.3. The number of carbonyl (C=O) groups excluding carboxylic acids is 1. The Morgan fingerprint density at radius 2 is 2.16 bits per heavy atom. The van der Waals surface area contributed by atoms with Gasteiger partial charge in [-0.3, -0.25) is 4.79 Å². The van der Waals surface area contributed by atoms with Crippen LogP contribution in [0, 0.1) is 11.3 Å². The minimum atomic E-state index is -0.778. The van der Waals surface area contributed by atoms with E-state index in [-0.39, 0.29) is 17.0 Å². The summed E-state index contributed by atoms with van der Waals surface area (Å²) in [6, 6.07) is 7.60. The van der Waals surface area contributed by atoms with Crippen molar-refractivity contribution in [3.05, 3.63) is 65.4 Å². The van der Waals surface area contributed by atoms with E-state index < -0.39 is 11.6 Å². The van der Waals surface area contributed by atoms with E-state index >= 15 is 0 Å². The molecular formula is C24H26N6O2. The molecule has 0 bridgehead atoms. The van der Waals surface area contributed by atoms with Gasteiger partial charge in [-0.15, -0.1) is 0 Å². The molecule has 0 saturated heterocycles. The number of hydrogen-bond donors (Lipinski definition) is 4. The minimum Gasteiger partial charge on any atom is -0.386 e. The molecule has 32 heavy (non-hydrogen) atoms. The van der Waals surface area contributed by atoms with E-state index in [1.807, 2.05) is 45.1 Å². The summed E-state index contributed by atoms with van der Waals surface area (Å²) in [5.74, 6) is 0.507. The Balaban J connectivity index is 1.69. The second kappa shape index (κ2) is 8.09. The van der Waals surface area contributed by atoms with E-state index in [9.17, 15) is 15.2 Å². The smallest absolute Gasteiger partial charge is 0.252 e. The summed E-state index contributed by atoms with van der Waals surface area (Å²) in [6.07, 6.45) is 9.14. The molecule has 8 nitrogen and oxygen atoms in total. The van der Waals surface area contributed by atoms with Crippen molar-refractivity contribution in [3.8, 4) is 6.07 Å². The van der Waals surface area contributed by atoms with Crippen molar-refractivity contribution in [2.45, 2.75) is 50.8 Å². The van der Waals surface area contributed by atoms with E-state index in [1.165, 1.54) is 6.20 Å². The van der Waals surface area contributed by atoms with Gasteiger partial charge >= 0.3 is 0 Å². The fourth-order valence-electron chi connectivity index (χ4n) is 4.13. The topological polar surface area (TPSA) is 123 Å². The highest BCUT2D eigenvalue weighted by Gasteiger charge is 2.35. The van der Waals surface area contributed by atoms with Crippen molar-refractivity contribution >= 4 is 23.4 Å². The maximum absolute atomic E-state index is 12.5. The van der Waals surface area contributed by atoms with Gasteiger partial charge in [0.15, 0.2) is 0 Å².